The molecular weight excluding hydrogens is 370 g/mol. The van der Waals surface area contributed by atoms with E-state index in [1.54, 1.807) is 11.4 Å². The zero-order chi connectivity index (χ0) is 17.2. The maximum Gasteiger partial charge on any atom is 0.271 e. The number of hydrogen-bond donors (Lipinski definition) is 2. The first-order valence-corrected chi connectivity index (χ1v) is 10.9. The Morgan fingerprint density at radius 2 is 1.83 bits per heavy atom. The molecule has 1 aromatic heterocycles. The van der Waals surface area contributed by atoms with Crippen molar-refractivity contribution in [2.45, 2.75) is 21.9 Å². The fourth-order valence-corrected chi connectivity index (χ4v) is 5.36. The van der Waals surface area contributed by atoms with Crippen LogP contribution in [0, 0.1) is 0 Å². The summed E-state index contributed by atoms with van der Waals surface area (Å²) in [6, 6.07) is 8.78. The van der Waals surface area contributed by atoms with Gasteiger partial charge in [0.2, 0.25) is 0 Å². The first-order chi connectivity index (χ1) is 11.4. The summed E-state index contributed by atoms with van der Waals surface area (Å²) < 4.78 is 54.2. The van der Waals surface area contributed by atoms with Gasteiger partial charge in [-0.05, 0) is 36.1 Å². The third kappa shape index (κ3) is 3.77. The van der Waals surface area contributed by atoms with E-state index in [9.17, 15) is 16.8 Å². The van der Waals surface area contributed by atoms with Gasteiger partial charge in [0.25, 0.3) is 20.0 Å². The number of anilines is 1. The van der Waals surface area contributed by atoms with E-state index in [0.29, 0.717) is 18.8 Å². The normalized spacial score (nSPS) is 15.1. The van der Waals surface area contributed by atoms with Crippen molar-refractivity contribution < 1.29 is 16.8 Å². The second kappa shape index (κ2) is 6.54. The fourth-order valence-electron chi connectivity index (χ4n) is 2.19. The molecule has 2 N–H and O–H groups in total. The van der Waals surface area contributed by atoms with Crippen molar-refractivity contribution >= 4 is 42.9 Å². The Labute approximate surface area is 144 Å². The summed E-state index contributed by atoms with van der Waals surface area (Å²) in [6.07, 6.45) is 1.41. The Morgan fingerprint density at radius 3 is 2.50 bits per heavy atom. The lowest BCUT2D eigenvalue weighted by Crippen LogP contribution is -2.29. The Kier molecular flexibility index (Phi) is 4.61. The van der Waals surface area contributed by atoms with Crippen molar-refractivity contribution in [3.05, 3.63) is 41.8 Å². The number of thiophene rings is 1. The molecule has 3 rings (SSSR count). The maximum atomic E-state index is 12.4. The number of amidine groups is 1. The van der Waals surface area contributed by atoms with Crippen molar-refractivity contribution in [3.63, 3.8) is 0 Å². The lowest BCUT2D eigenvalue weighted by Gasteiger charge is -2.10. The van der Waals surface area contributed by atoms with Crippen LogP contribution in [0.15, 0.2) is 55.9 Å². The van der Waals surface area contributed by atoms with Crippen LogP contribution < -0.4 is 9.44 Å². The average Bonchev–Trinajstić information content (AvgIpc) is 3.20. The van der Waals surface area contributed by atoms with E-state index in [-0.39, 0.29) is 14.8 Å². The van der Waals surface area contributed by atoms with Gasteiger partial charge >= 0.3 is 0 Å². The fraction of sp³-hybridized carbons (Fsp3) is 0.214. The van der Waals surface area contributed by atoms with E-state index in [1.165, 1.54) is 30.3 Å². The zero-order valence-corrected chi connectivity index (χ0v) is 14.9. The molecule has 10 heteroatoms. The van der Waals surface area contributed by atoms with Crippen molar-refractivity contribution in [3.8, 4) is 0 Å². The monoisotopic (exact) mass is 385 g/mol. The second-order valence-electron chi connectivity index (χ2n) is 5.10. The van der Waals surface area contributed by atoms with Gasteiger partial charge in [0.15, 0.2) is 0 Å². The molecule has 2 heterocycles. The number of benzene rings is 1. The highest BCUT2D eigenvalue weighted by Crippen LogP contribution is 2.22. The van der Waals surface area contributed by atoms with Crippen molar-refractivity contribution in [1.82, 2.24) is 4.72 Å². The van der Waals surface area contributed by atoms with E-state index in [1.807, 2.05) is 0 Å². The molecule has 7 nitrogen and oxygen atoms in total. The predicted molar refractivity (Wildman–Crippen MR) is 93.4 cm³/mol. The first-order valence-electron chi connectivity index (χ1n) is 7.09. The SMILES string of the molecule is O=S(=O)(NC1=NCCC1)c1cccc(NS(=O)(=O)c2cccs2)c1. The Hall–Kier alpha value is -1.91. The second-order valence-corrected chi connectivity index (χ2v) is 9.64. The van der Waals surface area contributed by atoms with Gasteiger partial charge in [-0.1, -0.05) is 12.1 Å². The van der Waals surface area contributed by atoms with Gasteiger partial charge < -0.3 is 0 Å². The lowest BCUT2D eigenvalue weighted by molar-refractivity contribution is 0.591. The molecule has 0 unspecified atom stereocenters. The smallest absolute Gasteiger partial charge is 0.271 e. The van der Waals surface area contributed by atoms with Gasteiger partial charge in [-0.3, -0.25) is 14.4 Å². The highest BCUT2D eigenvalue weighted by Gasteiger charge is 2.20. The van der Waals surface area contributed by atoms with Gasteiger partial charge in [-0.15, -0.1) is 11.3 Å². The molecule has 2 aromatic rings. The van der Waals surface area contributed by atoms with Gasteiger partial charge in [-0.2, -0.15) is 0 Å². The van der Waals surface area contributed by atoms with E-state index in [0.717, 1.165) is 17.8 Å². The molecule has 1 aliphatic heterocycles. The molecule has 1 aromatic carbocycles. The van der Waals surface area contributed by atoms with Crippen LogP contribution in [0.4, 0.5) is 5.69 Å². The summed E-state index contributed by atoms with van der Waals surface area (Å²) in [5.74, 6) is 0.430. The molecule has 128 valence electrons. The number of nitrogens with zero attached hydrogens (tertiary/aromatic N) is 1. The topological polar surface area (TPSA) is 105 Å². The van der Waals surface area contributed by atoms with Gasteiger partial charge in [0.1, 0.15) is 10.0 Å². The molecule has 0 amide bonds. The van der Waals surface area contributed by atoms with E-state index in [2.05, 4.69) is 14.4 Å². The van der Waals surface area contributed by atoms with E-state index < -0.39 is 20.0 Å². The van der Waals surface area contributed by atoms with Crippen LogP contribution in [0.1, 0.15) is 12.8 Å². The third-order valence-electron chi connectivity index (χ3n) is 3.28. The number of aliphatic imine (C=N–C) groups is 1. The molecule has 0 aliphatic carbocycles. The average molecular weight is 385 g/mol. The van der Waals surface area contributed by atoms with Crippen molar-refractivity contribution in [1.29, 1.82) is 0 Å². The molecule has 0 saturated heterocycles. The summed E-state index contributed by atoms with van der Waals surface area (Å²) in [7, 11) is -7.51. The van der Waals surface area contributed by atoms with Gasteiger partial charge in [0, 0.05) is 13.0 Å². The number of hydrogen-bond acceptors (Lipinski definition) is 6. The molecule has 0 fully saturated rings. The van der Waals surface area contributed by atoms with Crippen LogP contribution in [0.25, 0.3) is 0 Å². The quantitative estimate of drug-likeness (QED) is 0.821. The van der Waals surface area contributed by atoms with Gasteiger partial charge in [-0.25, -0.2) is 16.8 Å². The van der Waals surface area contributed by atoms with E-state index in [4.69, 9.17) is 0 Å². The lowest BCUT2D eigenvalue weighted by atomic mass is 10.3. The van der Waals surface area contributed by atoms with Crippen LogP contribution in [-0.2, 0) is 20.0 Å². The number of nitrogens with one attached hydrogen (secondary N) is 2. The molecule has 0 spiro atoms. The number of rotatable bonds is 5. The zero-order valence-electron chi connectivity index (χ0n) is 12.5. The molecule has 0 saturated carbocycles. The minimum atomic E-state index is -3.79. The maximum absolute atomic E-state index is 12.4. The molecule has 0 atom stereocenters. The minimum Gasteiger partial charge on any atom is -0.279 e. The molecular formula is C14H15N3O4S3. The molecule has 1 aliphatic rings. The van der Waals surface area contributed by atoms with E-state index >= 15 is 0 Å². The summed E-state index contributed by atoms with van der Waals surface area (Å²) in [4.78, 5) is 4.05. The summed E-state index contributed by atoms with van der Waals surface area (Å²) in [5.41, 5.74) is 0.180. The minimum absolute atomic E-state index is 0.0246. The van der Waals surface area contributed by atoms with Crippen molar-refractivity contribution in [2.75, 3.05) is 11.3 Å². The highest BCUT2D eigenvalue weighted by atomic mass is 32.2. The molecule has 0 radical (unpaired) electrons. The summed E-state index contributed by atoms with van der Waals surface area (Å²) >= 11 is 1.08. The first kappa shape index (κ1) is 16.9. The molecule has 0 bridgehead atoms. The van der Waals surface area contributed by atoms with Crippen LogP contribution in [0.5, 0.6) is 0 Å². The van der Waals surface area contributed by atoms with Crippen LogP contribution >= 0.6 is 11.3 Å². The molecule has 24 heavy (non-hydrogen) atoms. The Morgan fingerprint density at radius 1 is 1.00 bits per heavy atom. The van der Waals surface area contributed by atoms with Crippen LogP contribution in [0.3, 0.4) is 0 Å². The third-order valence-corrected chi connectivity index (χ3v) is 7.44. The number of sulfonamides is 2. The summed E-state index contributed by atoms with van der Waals surface area (Å²) in [6.45, 7) is 0.610. The predicted octanol–water partition coefficient (Wildman–Crippen LogP) is 2.02. The Balaban J connectivity index is 1.84. The standard InChI is InChI=1S/C14H15N3O4S3/c18-23(19,17-13-6-2-8-15-13)12-5-1-4-11(10-12)16-24(20,21)14-7-3-9-22-14/h1,3-5,7,9-10,16H,2,6,8H2,(H,15,17). The van der Waals surface area contributed by atoms with Crippen LogP contribution in [0.2, 0.25) is 0 Å². The van der Waals surface area contributed by atoms with Gasteiger partial charge in [0.05, 0.1) is 10.6 Å². The van der Waals surface area contributed by atoms with Crippen LogP contribution in [-0.4, -0.2) is 29.2 Å². The Bertz CT molecular complexity index is 964. The summed E-state index contributed by atoms with van der Waals surface area (Å²) in [5, 5.41) is 1.65. The largest absolute Gasteiger partial charge is 0.279 e. The van der Waals surface area contributed by atoms with Crippen molar-refractivity contribution in [2.24, 2.45) is 4.99 Å². The highest BCUT2D eigenvalue weighted by molar-refractivity contribution is 7.94.